The first-order valence-corrected chi connectivity index (χ1v) is 10.9. The van der Waals surface area contributed by atoms with Crippen LogP contribution in [0.5, 0.6) is 0 Å². The van der Waals surface area contributed by atoms with Crippen molar-refractivity contribution in [2.75, 3.05) is 37.4 Å². The van der Waals surface area contributed by atoms with E-state index in [1.54, 1.807) is 22.4 Å². The van der Waals surface area contributed by atoms with Gasteiger partial charge in [-0.05, 0) is 49.6 Å². The number of nitrogens with zero attached hydrogens (tertiary/aromatic N) is 5. The van der Waals surface area contributed by atoms with E-state index in [4.69, 9.17) is 4.98 Å². The van der Waals surface area contributed by atoms with E-state index in [1.807, 2.05) is 57.5 Å². The Kier molecular flexibility index (Phi) is 5.94. The fourth-order valence-electron chi connectivity index (χ4n) is 3.59. The highest BCUT2D eigenvalue weighted by molar-refractivity contribution is 7.18. The quantitative estimate of drug-likeness (QED) is 0.671. The molecule has 1 aliphatic heterocycles. The molecule has 0 bridgehead atoms. The van der Waals surface area contributed by atoms with Crippen LogP contribution in [0.25, 0.3) is 10.6 Å². The summed E-state index contributed by atoms with van der Waals surface area (Å²) in [5, 5.41) is 4.25. The molecule has 0 unspecified atom stereocenters. The average molecular weight is 423 g/mol. The molecule has 0 saturated carbocycles. The minimum absolute atomic E-state index is 0.121. The fourth-order valence-corrected chi connectivity index (χ4v) is 4.53. The van der Waals surface area contributed by atoms with Crippen molar-refractivity contribution in [2.45, 2.75) is 19.8 Å². The van der Waals surface area contributed by atoms with Gasteiger partial charge in [-0.2, -0.15) is 0 Å². The summed E-state index contributed by atoms with van der Waals surface area (Å²) >= 11 is 1.64. The number of pyridine rings is 2. The van der Waals surface area contributed by atoms with Gasteiger partial charge in [0.15, 0.2) is 5.13 Å². The van der Waals surface area contributed by atoms with Crippen LogP contribution in [0.3, 0.4) is 0 Å². The van der Waals surface area contributed by atoms with Gasteiger partial charge in [0.1, 0.15) is 11.6 Å². The average Bonchev–Trinajstić information content (AvgIpc) is 3.24. The Balaban J connectivity index is 1.44. The summed E-state index contributed by atoms with van der Waals surface area (Å²) in [5.41, 5.74) is 2.03. The minimum atomic E-state index is 0.121. The Labute approximate surface area is 180 Å². The zero-order chi connectivity index (χ0) is 21.1. The Morgan fingerprint density at radius 2 is 1.97 bits per heavy atom. The first kappa shape index (κ1) is 20.3. The third kappa shape index (κ3) is 4.59. The summed E-state index contributed by atoms with van der Waals surface area (Å²) in [4.78, 5) is 30.9. The number of anilines is 3. The number of amides is 1. The summed E-state index contributed by atoms with van der Waals surface area (Å²) in [6.45, 7) is 3.74. The van der Waals surface area contributed by atoms with Gasteiger partial charge in [-0.3, -0.25) is 4.79 Å². The van der Waals surface area contributed by atoms with Crippen molar-refractivity contribution in [1.82, 2.24) is 19.9 Å². The largest absolute Gasteiger partial charge is 0.349 e. The number of carbonyl (C=O) groups excluding carboxylic acids is 1. The van der Waals surface area contributed by atoms with Crippen LogP contribution in [0.1, 0.15) is 18.4 Å². The van der Waals surface area contributed by atoms with Crippen molar-refractivity contribution in [3.63, 3.8) is 0 Å². The SMILES string of the molecule is Cc1ccnc(Nc2cccc(-c3cnc(N4CCC(C(=O)N(C)C)CC4)s3)n2)c1. The Morgan fingerprint density at radius 3 is 2.70 bits per heavy atom. The number of carbonyl (C=O) groups is 1. The minimum Gasteiger partial charge on any atom is -0.349 e. The lowest BCUT2D eigenvalue weighted by molar-refractivity contribution is -0.133. The van der Waals surface area contributed by atoms with Crippen LogP contribution in [0, 0.1) is 12.8 Å². The molecular formula is C22H26N6OS. The maximum Gasteiger partial charge on any atom is 0.225 e. The van der Waals surface area contributed by atoms with Crippen LogP contribution in [0.4, 0.5) is 16.8 Å². The second kappa shape index (κ2) is 8.79. The standard InChI is InChI=1S/C22H26N6OS/c1-15-7-10-23-20(13-15)26-19-6-4-5-17(25-19)18-14-24-22(30-18)28-11-8-16(9-12-28)21(29)27(2)3/h4-7,10,13-14,16H,8-9,11-12H2,1-3H3,(H,23,25,26). The van der Waals surface area contributed by atoms with Crippen LogP contribution in [-0.2, 0) is 4.79 Å². The van der Waals surface area contributed by atoms with Gasteiger partial charge in [-0.15, -0.1) is 0 Å². The lowest BCUT2D eigenvalue weighted by Crippen LogP contribution is -2.40. The molecule has 1 N–H and O–H groups in total. The second-order valence-corrected chi connectivity index (χ2v) is 8.76. The van der Waals surface area contributed by atoms with Crippen LogP contribution >= 0.6 is 11.3 Å². The third-order valence-corrected chi connectivity index (χ3v) is 6.30. The van der Waals surface area contributed by atoms with E-state index in [0.717, 1.165) is 58.8 Å². The fraction of sp³-hybridized carbons (Fsp3) is 0.364. The predicted octanol–water partition coefficient (Wildman–Crippen LogP) is 3.96. The van der Waals surface area contributed by atoms with E-state index in [9.17, 15) is 4.79 Å². The number of thiazole rings is 1. The van der Waals surface area contributed by atoms with Gasteiger partial charge in [0.25, 0.3) is 0 Å². The summed E-state index contributed by atoms with van der Waals surface area (Å²) in [6.07, 6.45) is 5.40. The van der Waals surface area contributed by atoms with Gasteiger partial charge in [-0.25, -0.2) is 15.0 Å². The van der Waals surface area contributed by atoms with Gasteiger partial charge in [0.05, 0.1) is 10.6 Å². The molecule has 30 heavy (non-hydrogen) atoms. The maximum atomic E-state index is 12.2. The number of aromatic nitrogens is 3. The highest BCUT2D eigenvalue weighted by Gasteiger charge is 2.27. The molecule has 1 amide bonds. The monoisotopic (exact) mass is 422 g/mol. The van der Waals surface area contributed by atoms with Gasteiger partial charge in [-0.1, -0.05) is 17.4 Å². The van der Waals surface area contributed by atoms with E-state index < -0.39 is 0 Å². The van der Waals surface area contributed by atoms with Crippen molar-refractivity contribution in [1.29, 1.82) is 0 Å². The number of piperidine rings is 1. The Bertz CT molecular complexity index is 1030. The van der Waals surface area contributed by atoms with E-state index >= 15 is 0 Å². The topological polar surface area (TPSA) is 74.2 Å². The lowest BCUT2D eigenvalue weighted by atomic mass is 9.96. The molecule has 1 aliphatic rings. The first-order chi connectivity index (χ1) is 14.5. The Morgan fingerprint density at radius 1 is 1.17 bits per heavy atom. The van der Waals surface area contributed by atoms with Crippen LogP contribution in [0.15, 0.2) is 42.7 Å². The van der Waals surface area contributed by atoms with Gasteiger partial charge in [0, 0.05) is 45.5 Å². The number of hydrogen-bond acceptors (Lipinski definition) is 7. The molecule has 8 heteroatoms. The van der Waals surface area contributed by atoms with Gasteiger partial charge >= 0.3 is 0 Å². The summed E-state index contributed by atoms with van der Waals surface area (Å²) < 4.78 is 0. The summed E-state index contributed by atoms with van der Waals surface area (Å²) in [6, 6.07) is 9.87. The van der Waals surface area contributed by atoms with Crippen molar-refractivity contribution in [3.05, 3.63) is 48.3 Å². The zero-order valence-electron chi connectivity index (χ0n) is 17.5. The zero-order valence-corrected chi connectivity index (χ0v) is 18.3. The molecule has 4 heterocycles. The summed E-state index contributed by atoms with van der Waals surface area (Å²) in [5.74, 6) is 1.88. The Hall–Kier alpha value is -3.00. The highest BCUT2D eigenvalue weighted by Crippen LogP contribution is 2.33. The number of hydrogen-bond donors (Lipinski definition) is 1. The van der Waals surface area contributed by atoms with Crippen LogP contribution < -0.4 is 10.2 Å². The molecular weight excluding hydrogens is 396 g/mol. The first-order valence-electron chi connectivity index (χ1n) is 10.1. The van der Waals surface area contributed by atoms with Crippen molar-refractivity contribution >= 4 is 34.0 Å². The molecule has 0 atom stereocenters. The van der Waals surface area contributed by atoms with E-state index in [-0.39, 0.29) is 11.8 Å². The van der Waals surface area contributed by atoms with E-state index in [1.165, 1.54) is 0 Å². The number of rotatable bonds is 5. The van der Waals surface area contributed by atoms with Gasteiger partial charge in [0.2, 0.25) is 5.91 Å². The summed E-state index contributed by atoms with van der Waals surface area (Å²) in [7, 11) is 3.65. The molecule has 4 rings (SSSR count). The highest BCUT2D eigenvalue weighted by atomic mass is 32.1. The molecule has 156 valence electrons. The molecule has 1 fully saturated rings. The van der Waals surface area contributed by atoms with Crippen LogP contribution in [0.2, 0.25) is 0 Å². The molecule has 0 aliphatic carbocycles. The predicted molar refractivity (Wildman–Crippen MR) is 121 cm³/mol. The molecule has 0 aromatic carbocycles. The van der Waals surface area contributed by atoms with Crippen molar-refractivity contribution < 1.29 is 4.79 Å². The number of aryl methyl sites for hydroxylation is 1. The van der Waals surface area contributed by atoms with E-state index in [0.29, 0.717) is 0 Å². The molecule has 1 saturated heterocycles. The van der Waals surface area contributed by atoms with E-state index in [2.05, 4.69) is 20.2 Å². The normalized spacial score (nSPS) is 14.6. The molecule has 3 aromatic heterocycles. The molecule has 0 spiro atoms. The van der Waals surface area contributed by atoms with Gasteiger partial charge < -0.3 is 15.1 Å². The third-order valence-electron chi connectivity index (χ3n) is 5.22. The maximum absolute atomic E-state index is 12.2. The van der Waals surface area contributed by atoms with Crippen molar-refractivity contribution in [3.8, 4) is 10.6 Å². The van der Waals surface area contributed by atoms with Crippen LogP contribution in [-0.4, -0.2) is 52.9 Å². The second-order valence-electron chi connectivity index (χ2n) is 7.75. The molecule has 0 radical (unpaired) electrons. The number of nitrogens with one attached hydrogen (secondary N) is 1. The lowest BCUT2D eigenvalue weighted by Gasteiger charge is -2.32. The van der Waals surface area contributed by atoms with Crippen molar-refractivity contribution in [2.24, 2.45) is 5.92 Å². The molecule has 7 nitrogen and oxygen atoms in total. The smallest absolute Gasteiger partial charge is 0.225 e. The molecule has 3 aromatic rings.